The number of aromatic nitrogens is 3. The Hall–Kier alpha value is -2.93. The first kappa shape index (κ1) is 24.7. The summed E-state index contributed by atoms with van der Waals surface area (Å²) in [5.74, 6) is 0.725. The van der Waals surface area contributed by atoms with Crippen molar-refractivity contribution in [1.29, 1.82) is 0 Å². The molecule has 0 aliphatic rings. The van der Waals surface area contributed by atoms with E-state index in [1.54, 1.807) is 6.07 Å². The lowest BCUT2D eigenvalue weighted by atomic mass is 10.3. The maximum absolute atomic E-state index is 12.7. The molecular weight excluding hydrogens is 527 g/mol. The molecule has 0 atom stereocenters. The molecule has 0 bridgehead atoms. The predicted octanol–water partition coefficient (Wildman–Crippen LogP) is 5.16. The minimum absolute atomic E-state index is 0.0102. The number of ether oxygens (including phenoxy) is 1. The number of alkyl halides is 3. The van der Waals surface area contributed by atoms with Crippen LogP contribution in [0, 0.1) is 6.92 Å². The summed E-state index contributed by atoms with van der Waals surface area (Å²) >= 11 is 3.37. The van der Waals surface area contributed by atoms with Crippen molar-refractivity contribution in [2.24, 2.45) is 0 Å². The molecule has 176 valence electrons. The van der Waals surface area contributed by atoms with E-state index in [0.29, 0.717) is 11.6 Å². The van der Waals surface area contributed by atoms with Gasteiger partial charge in [-0.2, -0.15) is 13.2 Å². The van der Waals surface area contributed by atoms with Crippen LogP contribution in [0.3, 0.4) is 0 Å². The van der Waals surface area contributed by atoms with Crippen LogP contribution in [-0.4, -0.2) is 41.9 Å². The minimum Gasteiger partial charge on any atom is -0.482 e. The molecule has 3 rings (SSSR count). The number of sulfone groups is 1. The van der Waals surface area contributed by atoms with E-state index in [-0.39, 0.29) is 27.9 Å². The molecule has 1 aromatic carbocycles. The van der Waals surface area contributed by atoms with Gasteiger partial charge < -0.3 is 15.4 Å². The smallest absolute Gasteiger partial charge is 0.422 e. The molecule has 0 radical (unpaired) electrons. The normalized spacial score (nSPS) is 11.8. The van der Waals surface area contributed by atoms with Gasteiger partial charge in [-0.25, -0.2) is 23.4 Å². The molecule has 0 aliphatic carbocycles. The SMILES string of the molecule is CCS(=O)(=O)c1ccc(OCC(F)(F)F)c(Nc2cc(Nc3ccc(Br)c(C)n3)ncn2)c1. The third-order valence-electron chi connectivity index (χ3n) is 4.29. The fraction of sp³-hybridized carbons (Fsp3) is 0.250. The number of pyridine rings is 1. The minimum atomic E-state index is -4.56. The van der Waals surface area contributed by atoms with Crippen LogP contribution in [0.1, 0.15) is 12.6 Å². The summed E-state index contributed by atoms with van der Waals surface area (Å²) < 4.78 is 68.2. The number of rotatable bonds is 8. The van der Waals surface area contributed by atoms with Gasteiger partial charge in [0, 0.05) is 10.5 Å². The van der Waals surface area contributed by atoms with Crippen molar-refractivity contribution < 1.29 is 26.3 Å². The number of aryl methyl sites for hydroxylation is 1. The van der Waals surface area contributed by atoms with Crippen molar-refractivity contribution in [3.05, 3.63) is 52.9 Å². The van der Waals surface area contributed by atoms with E-state index in [4.69, 9.17) is 4.74 Å². The monoisotopic (exact) mass is 545 g/mol. The first-order valence-electron chi connectivity index (χ1n) is 9.52. The van der Waals surface area contributed by atoms with Crippen molar-refractivity contribution in [3.8, 4) is 5.75 Å². The molecule has 2 N–H and O–H groups in total. The van der Waals surface area contributed by atoms with E-state index in [1.165, 1.54) is 37.5 Å². The summed E-state index contributed by atoms with van der Waals surface area (Å²) in [6.07, 6.45) is -3.33. The van der Waals surface area contributed by atoms with Crippen molar-refractivity contribution in [2.75, 3.05) is 23.0 Å². The number of nitrogens with zero attached hydrogens (tertiary/aromatic N) is 3. The van der Waals surface area contributed by atoms with Gasteiger partial charge in [0.15, 0.2) is 16.4 Å². The first-order chi connectivity index (χ1) is 15.5. The Morgan fingerprint density at radius 3 is 2.36 bits per heavy atom. The highest BCUT2D eigenvalue weighted by Crippen LogP contribution is 2.32. The lowest BCUT2D eigenvalue weighted by molar-refractivity contribution is -0.153. The zero-order chi connectivity index (χ0) is 24.2. The Morgan fingerprint density at radius 1 is 1.03 bits per heavy atom. The van der Waals surface area contributed by atoms with Crippen molar-refractivity contribution in [3.63, 3.8) is 0 Å². The number of hydrogen-bond donors (Lipinski definition) is 2. The lowest BCUT2D eigenvalue weighted by Crippen LogP contribution is -2.19. The molecule has 0 saturated heterocycles. The fourth-order valence-electron chi connectivity index (χ4n) is 2.63. The van der Waals surface area contributed by atoms with Gasteiger partial charge in [-0.1, -0.05) is 6.92 Å². The maximum atomic E-state index is 12.7. The van der Waals surface area contributed by atoms with Crippen LogP contribution >= 0.6 is 15.9 Å². The number of anilines is 4. The molecule has 0 spiro atoms. The number of halogens is 4. The van der Waals surface area contributed by atoms with Crippen LogP contribution in [0.2, 0.25) is 0 Å². The highest BCUT2D eigenvalue weighted by molar-refractivity contribution is 9.10. The number of hydrogen-bond acceptors (Lipinski definition) is 8. The Balaban J connectivity index is 1.90. The highest BCUT2D eigenvalue weighted by Gasteiger charge is 2.29. The van der Waals surface area contributed by atoms with Crippen LogP contribution < -0.4 is 15.4 Å². The second kappa shape index (κ2) is 9.91. The zero-order valence-corrected chi connectivity index (χ0v) is 19.8. The summed E-state index contributed by atoms with van der Waals surface area (Å²) in [4.78, 5) is 12.5. The van der Waals surface area contributed by atoms with Gasteiger partial charge in [-0.15, -0.1) is 0 Å². The average Bonchev–Trinajstić information content (AvgIpc) is 2.75. The van der Waals surface area contributed by atoms with Gasteiger partial charge in [0.25, 0.3) is 0 Å². The van der Waals surface area contributed by atoms with Gasteiger partial charge in [-0.05, 0) is 53.2 Å². The summed E-state index contributed by atoms with van der Waals surface area (Å²) in [5.41, 5.74) is 0.767. The lowest BCUT2D eigenvalue weighted by Gasteiger charge is -2.16. The fourth-order valence-corrected chi connectivity index (χ4v) is 3.76. The Bertz CT molecular complexity index is 1260. The zero-order valence-electron chi connectivity index (χ0n) is 17.4. The molecule has 0 fully saturated rings. The molecule has 2 aromatic heterocycles. The maximum Gasteiger partial charge on any atom is 0.422 e. The largest absolute Gasteiger partial charge is 0.482 e. The van der Waals surface area contributed by atoms with Crippen LogP contribution in [0.25, 0.3) is 0 Å². The van der Waals surface area contributed by atoms with Crippen LogP contribution in [0.5, 0.6) is 5.75 Å². The summed E-state index contributed by atoms with van der Waals surface area (Å²) in [5, 5.41) is 5.82. The molecular formula is C20H19BrF3N5O3S. The average molecular weight is 546 g/mol. The molecule has 0 aliphatic heterocycles. The molecule has 8 nitrogen and oxygen atoms in total. The van der Waals surface area contributed by atoms with E-state index in [1.807, 2.05) is 13.0 Å². The van der Waals surface area contributed by atoms with E-state index < -0.39 is 22.6 Å². The summed E-state index contributed by atoms with van der Waals surface area (Å²) in [6.45, 7) is 1.76. The quantitative estimate of drug-likeness (QED) is 0.399. The van der Waals surface area contributed by atoms with E-state index in [2.05, 4.69) is 41.5 Å². The second-order valence-electron chi connectivity index (χ2n) is 6.77. The second-order valence-corrected chi connectivity index (χ2v) is 9.90. The highest BCUT2D eigenvalue weighted by atomic mass is 79.9. The van der Waals surface area contributed by atoms with Crippen LogP contribution in [0.4, 0.5) is 36.3 Å². The third-order valence-corrected chi connectivity index (χ3v) is 6.86. The van der Waals surface area contributed by atoms with Crippen molar-refractivity contribution in [2.45, 2.75) is 24.9 Å². The van der Waals surface area contributed by atoms with Crippen LogP contribution in [0.15, 0.2) is 52.1 Å². The summed E-state index contributed by atoms with van der Waals surface area (Å²) in [7, 11) is -3.60. The van der Waals surface area contributed by atoms with Gasteiger partial charge in [0.2, 0.25) is 0 Å². The van der Waals surface area contributed by atoms with E-state index in [0.717, 1.165) is 10.2 Å². The molecule has 13 heteroatoms. The van der Waals surface area contributed by atoms with E-state index in [9.17, 15) is 21.6 Å². The Labute approximate surface area is 196 Å². The molecule has 3 aromatic rings. The van der Waals surface area contributed by atoms with Crippen molar-refractivity contribution in [1.82, 2.24) is 15.0 Å². The van der Waals surface area contributed by atoms with Gasteiger partial charge in [0.05, 0.1) is 22.0 Å². The van der Waals surface area contributed by atoms with Gasteiger partial charge in [-0.3, -0.25) is 0 Å². The molecule has 2 heterocycles. The van der Waals surface area contributed by atoms with Gasteiger partial charge in [0.1, 0.15) is 29.5 Å². The topological polar surface area (TPSA) is 106 Å². The Morgan fingerprint density at radius 2 is 1.73 bits per heavy atom. The standard InChI is InChI=1S/C20H19BrF3N5O3S/c1-3-33(30,31)13-4-6-16(32-10-20(22,23)24)15(8-13)28-18-9-19(26-11-25-18)29-17-7-5-14(21)12(2)27-17/h4-9,11H,3,10H2,1-2H3,(H2,25,26,27,28,29). The Kier molecular flexibility index (Phi) is 7.42. The molecule has 0 saturated carbocycles. The van der Waals surface area contributed by atoms with Gasteiger partial charge >= 0.3 is 6.18 Å². The molecule has 0 amide bonds. The van der Waals surface area contributed by atoms with Crippen LogP contribution in [-0.2, 0) is 9.84 Å². The summed E-state index contributed by atoms with van der Waals surface area (Å²) in [6, 6.07) is 8.62. The third kappa shape index (κ3) is 6.78. The number of benzene rings is 1. The molecule has 0 unspecified atom stereocenters. The number of nitrogens with one attached hydrogen (secondary N) is 2. The first-order valence-corrected chi connectivity index (χ1v) is 12.0. The van der Waals surface area contributed by atoms with Crippen molar-refractivity contribution >= 4 is 48.9 Å². The molecule has 33 heavy (non-hydrogen) atoms. The predicted molar refractivity (Wildman–Crippen MR) is 121 cm³/mol. The van der Waals surface area contributed by atoms with E-state index >= 15 is 0 Å².